The van der Waals surface area contributed by atoms with Crippen molar-refractivity contribution in [3.05, 3.63) is 97.9 Å². The fourth-order valence-electron chi connectivity index (χ4n) is 3.36. The Hall–Kier alpha value is -3.00. The molecule has 6 nitrogen and oxygen atoms in total. The minimum Gasteiger partial charge on any atom is -0.484 e. The van der Waals surface area contributed by atoms with Crippen LogP contribution in [0.5, 0.6) is 5.75 Å². The summed E-state index contributed by atoms with van der Waals surface area (Å²) in [6, 6.07) is 12.6. The lowest BCUT2D eigenvalue weighted by Gasteiger charge is -2.09. The predicted molar refractivity (Wildman–Crippen MR) is 130 cm³/mol. The number of carbonyl (C=O) groups is 1. The topological polar surface area (TPSA) is 69.3 Å². The second kappa shape index (κ2) is 10.1. The second-order valence-electron chi connectivity index (χ2n) is 7.49. The summed E-state index contributed by atoms with van der Waals surface area (Å²) in [5.41, 5.74) is 2.06. The maximum Gasteiger partial charge on any atom is 0.291 e. The van der Waals surface area contributed by atoms with Crippen LogP contribution in [0.1, 0.15) is 33.3 Å². The number of aryl methyl sites for hydroxylation is 1. The first-order valence-electron chi connectivity index (χ1n) is 10.2. The summed E-state index contributed by atoms with van der Waals surface area (Å²) < 4.78 is 27.0. The molecule has 0 saturated carbocycles. The molecule has 2 heterocycles. The highest BCUT2D eigenvalue weighted by Gasteiger charge is 2.19. The second-order valence-corrected chi connectivity index (χ2v) is 8.74. The third-order valence-corrected chi connectivity index (χ3v) is 6.02. The van der Waals surface area contributed by atoms with Crippen LogP contribution in [0.15, 0.2) is 52.9 Å². The number of aromatic nitrogens is 2. The smallest absolute Gasteiger partial charge is 0.291 e. The number of furan rings is 1. The number of halogens is 4. The van der Waals surface area contributed by atoms with E-state index in [4.69, 9.17) is 44.0 Å². The molecule has 10 heteroatoms. The van der Waals surface area contributed by atoms with Crippen LogP contribution in [0.25, 0.3) is 0 Å². The van der Waals surface area contributed by atoms with Crippen LogP contribution in [0.3, 0.4) is 0 Å². The van der Waals surface area contributed by atoms with Gasteiger partial charge in [0.05, 0.1) is 28.6 Å². The molecule has 0 fully saturated rings. The van der Waals surface area contributed by atoms with Gasteiger partial charge in [0.15, 0.2) is 5.76 Å². The minimum absolute atomic E-state index is 0.0774. The van der Waals surface area contributed by atoms with E-state index >= 15 is 0 Å². The SMILES string of the molecule is Cc1nn(Cc2c(F)cccc2Cl)c(C)c1NC(=O)c1ccc(COc2ccc(Cl)cc2Cl)o1. The highest BCUT2D eigenvalue weighted by Crippen LogP contribution is 2.29. The molecule has 0 atom stereocenters. The molecule has 1 N–H and O–H groups in total. The average Bonchev–Trinajstić information content (AvgIpc) is 3.36. The zero-order valence-electron chi connectivity index (χ0n) is 18.2. The summed E-state index contributed by atoms with van der Waals surface area (Å²) >= 11 is 18.1. The number of nitrogens with one attached hydrogen (secondary N) is 1. The van der Waals surface area contributed by atoms with Crippen LogP contribution in [0.2, 0.25) is 15.1 Å². The van der Waals surface area contributed by atoms with Gasteiger partial charge in [0, 0.05) is 15.6 Å². The van der Waals surface area contributed by atoms with Gasteiger partial charge in [-0.2, -0.15) is 5.10 Å². The normalized spacial score (nSPS) is 11.0. The summed E-state index contributed by atoms with van der Waals surface area (Å²) in [6.07, 6.45) is 0. The fraction of sp³-hybridized carbons (Fsp3) is 0.167. The number of ether oxygens (including phenoxy) is 1. The van der Waals surface area contributed by atoms with E-state index in [1.807, 2.05) is 0 Å². The van der Waals surface area contributed by atoms with Crippen molar-refractivity contribution >= 4 is 46.4 Å². The maximum atomic E-state index is 14.2. The molecule has 0 radical (unpaired) electrons. The van der Waals surface area contributed by atoms with Crippen LogP contribution in [0, 0.1) is 19.7 Å². The van der Waals surface area contributed by atoms with Gasteiger partial charge < -0.3 is 14.5 Å². The minimum atomic E-state index is -0.453. The number of hydrogen-bond acceptors (Lipinski definition) is 4. The number of hydrogen-bond donors (Lipinski definition) is 1. The van der Waals surface area contributed by atoms with E-state index in [1.54, 1.807) is 61.0 Å². The Balaban J connectivity index is 1.44. The van der Waals surface area contributed by atoms with Gasteiger partial charge in [-0.05, 0) is 56.3 Å². The van der Waals surface area contributed by atoms with Gasteiger partial charge in [-0.25, -0.2) is 4.39 Å². The summed E-state index contributed by atoms with van der Waals surface area (Å²) in [6.45, 7) is 3.73. The fourth-order valence-corrected chi connectivity index (χ4v) is 4.04. The number of benzene rings is 2. The lowest BCUT2D eigenvalue weighted by molar-refractivity contribution is 0.0992. The molecule has 0 aliphatic heterocycles. The van der Waals surface area contributed by atoms with Crippen LogP contribution < -0.4 is 10.1 Å². The van der Waals surface area contributed by atoms with Gasteiger partial charge in [0.2, 0.25) is 0 Å². The maximum absolute atomic E-state index is 14.2. The predicted octanol–water partition coefficient (Wildman–Crippen LogP) is 7.07. The number of carbonyl (C=O) groups excluding carboxylic acids is 1. The summed E-state index contributed by atoms with van der Waals surface area (Å²) in [5.74, 6) is 0.113. The molecule has 0 aliphatic carbocycles. The molecule has 4 aromatic rings. The standard InChI is InChI=1S/C24H19Cl3FN3O3/c1-13-23(14(2)31(30-13)11-17-18(26)4-3-5-20(17)28)29-24(32)22-9-7-16(34-22)12-33-21-8-6-15(25)10-19(21)27/h3-10H,11-12H2,1-2H3,(H,29,32). The molecule has 0 bridgehead atoms. The van der Waals surface area contributed by atoms with Gasteiger partial charge >= 0.3 is 0 Å². The Morgan fingerprint density at radius 3 is 2.65 bits per heavy atom. The van der Waals surface area contributed by atoms with E-state index in [9.17, 15) is 9.18 Å². The van der Waals surface area contributed by atoms with Crippen molar-refractivity contribution in [1.82, 2.24) is 9.78 Å². The van der Waals surface area contributed by atoms with Gasteiger partial charge in [0.1, 0.15) is 23.9 Å². The van der Waals surface area contributed by atoms with Gasteiger partial charge in [-0.1, -0.05) is 40.9 Å². The van der Waals surface area contributed by atoms with E-state index in [1.165, 1.54) is 6.07 Å². The Kier molecular flexibility index (Phi) is 7.16. The molecule has 1 amide bonds. The number of anilines is 1. The first kappa shape index (κ1) is 24.1. The molecule has 4 rings (SSSR count). The van der Waals surface area contributed by atoms with Crippen molar-refractivity contribution in [3.63, 3.8) is 0 Å². The monoisotopic (exact) mass is 521 g/mol. The number of nitrogens with zero attached hydrogens (tertiary/aromatic N) is 2. The highest BCUT2D eigenvalue weighted by atomic mass is 35.5. The van der Waals surface area contributed by atoms with E-state index in [0.29, 0.717) is 49.2 Å². The van der Waals surface area contributed by atoms with E-state index in [-0.39, 0.29) is 18.9 Å². The first-order valence-corrected chi connectivity index (χ1v) is 11.3. The van der Waals surface area contributed by atoms with Gasteiger partial charge in [0.25, 0.3) is 5.91 Å². The molecule has 34 heavy (non-hydrogen) atoms. The van der Waals surface area contributed by atoms with E-state index in [2.05, 4.69) is 10.4 Å². The van der Waals surface area contributed by atoms with Crippen LogP contribution in [0.4, 0.5) is 10.1 Å². The Bertz CT molecular complexity index is 1350. The Morgan fingerprint density at radius 1 is 1.12 bits per heavy atom. The number of amides is 1. The molecule has 2 aromatic carbocycles. The third kappa shape index (κ3) is 5.22. The van der Waals surface area contributed by atoms with Crippen molar-refractivity contribution < 1.29 is 18.3 Å². The highest BCUT2D eigenvalue weighted by molar-refractivity contribution is 6.35. The summed E-state index contributed by atoms with van der Waals surface area (Å²) in [7, 11) is 0. The van der Waals surface area contributed by atoms with Gasteiger partial charge in [-0.15, -0.1) is 0 Å². The Morgan fingerprint density at radius 2 is 1.91 bits per heavy atom. The van der Waals surface area contributed by atoms with Gasteiger partial charge in [-0.3, -0.25) is 9.48 Å². The largest absolute Gasteiger partial charge is 0.484 e. The van der Waals surface area contributed by atoms with E-state index in [0.717, 1.165) is 0 Å². The summed E-state index contributed by atoms with van der Waals surface area (Å²) in [5, 5.41) is 8.42. The van der Waals surface area contributed by atoms with Crippen LogP contribution in [-0.2, 0) is 13.2 Å². The lowest BCUT2D eigenvalue weighted by atomic mass is 10.2. The van der Waals surface area contributed by atoms with Crippen molar-refractivity contribution in [2.24, 2.45) is 0 Å². The quantitative estimate of drug-likeness (QED) is 0.282. The molecular weight excluding hydrogens is 504 g/mol. The molecule has 0 aliphatic rings. The molecule has 2 aromatic heterocycles. The van der Waals surface area contributed by atoms with Crippen LogP contribution in [-0.4, -0.2) is 15.7 Å². The van der Waals surface area contributed by atoms with Crippen molar-refractivity contribution in [2.45, 2.75) is 27.0 Å². The zero-order valence-corrected chi connectivity index (χ0v) is 20.4. The molecule has 0 unspecified atom stereocenters. The Labute approximate surface area is 210 Å². The van der Waals surface area contributed by atoms with Crippen molar-refractivity contribution in [3.8, 4) is 5.75 Å². The molecule has 0 saturated heterocycles. The zero-order chi connectivity index (χ0) is 24.4. The van der Waals surface area contributed by atoms with E-state index < -0.39 is 11.7 Å². The third-order valence-electron chi connectivity index (χ3n) is 5.14. The average molecular weight is 523 g/mol. The summed E-state index contributed by atoms with van der Waals surface area (Å²) in [4.78, 5) is 12.8. The lowest BCUT2D eigenvalue weighted by Crippen LogP contribution is -2.13. The van der Waals surface area contributed by atoms with Crippen molar-refractivity contribution in [2.75, 3.05) is 5.32 Å². The molecule has 176 valence electrons. The van der Waals surface area contributed by atoms with Crippen molar-refractivity contribution in [1.29, 1.82) is 0 Å². The molecular formula is C24H19Cl3FN3O3. The molecule has 0 spiro atoms. The van der Waals surface area contributed by atoms with Crippen LogP contribution >= 0.6 is 34.8 Å². The first-order chi connectivity index (χ1) is 16.2. The number of rotatable bonds is 7.